The van der Waals surface area contributed by atoms with Crippen molar-refractivity contribution < 1.29 is 9.84 Å². The van der Waals surface area contributed by atoms with E-state index in [1.54, 1.807) is 31.2 Å². The number of hydrogen-bond acceptors (Lipinski definition) is 3. The molecule has 1 aliphatic heterocycles. The number of ether oxygens (including phenoxy) is 1. The Labute approximate surface area is 81.9 Å². The summed E-state index contributed by atoms with van der Waals surface area (Å²) in [6.45, 7) is 1.63. The second-order valence-electron chi connectivity index (χ2n) is 3.14. The molecule has 2 rings (SSSR count). The van der Waals surface area contributed by atoms with Crippen molar-refractivity contribution in [3.05, 3.63) is 35.4 Å². The van der Waals surface area contributed by atoms with Crippen LogP contribution in [-0.2, 0) is 0 Å². The van der Waals surface area contributed by atoms with Gasteiger partial charge in [0.2, 0.25) is 6.10 Å². The maximum atomic E-state index is 11.7. The van der Waals surface area contributed by atoms with E-state index in [1.165, 1.54) is 0 Å². The summed E-state index contributed by atoms with van der Waals surface area (Å²) in [7, 11) is 0. The fourth-order valence-corrected chi connectivity index (χ4v) is 1.43. The maximum absolute atomic E-state index is 11.7. The molecule has 0 fully saturated rings. The van der Waals surface area contributed by atoms with Crippen LogP contribution in [0.4, 0.5) is 0 Å². The molecule has 1 aromatic carbocycles. The van der Waals surface area contributed by atoms with Crippen molar-refractivity contribution in [2.75, 3.05) is 0 Å². The molecule has 1 unspecified atom stereocenters. The Morgan fingerprint density at radius 3 is 2.86 bits per heavy atom. The number of nitriles is 1. The Morgan fingerprint density at radius 1 is 1.43 bits per heavy atom. The molecular weight excluding hydrogens is 178 g/mol. The van der Waals surface area contributed by atoms with Gasteiger partial charge >= 0.3 is 0 Å². The van der Waals surface area contributed by atoms with Crippen molar-refractivity contribution in [1.29, 1.82) is 5.26 Å². The van der Waals surface area contributed by atoms with Gasteiger partial charge < -0.3 is 9.84 Å². The van der Waals surface area contributed by atoms with E-state index in [0.29, 0.717) is 16.9 Å². The van der Waals surface area contributed by atoms with Crippen molar-refractivity contribution >= 4 is 5.76 Å². The molecule has 0 N–H and O–H groups in total. The summed E-state index contributed by atoms with van der Waals surface area (Å²) in [6.07, 6.45) is -0.739. The lowest BCUT2D eigenvalue weighted by molar-refractivity contribution is -0.246. The highest BCUT2D eigenvalue weighted by Gasteiger charge is 2.20. The number of hydrogen-bond donors (Lipinski definition) is 0. The molecule has 0 bridgehead atoms. The lowest BCUT2D eigenvalue weighted by Crippen LogP contribution is -2.25. The van der Waals surface area contributed by atoms with Crippen LogP contribution in [0, 0.1) is 11.3 Å². The van der Waals surface area contributed by atoms with Crippen molar-refractivity contribution in [2.45, 2.75) is 13.0 Å². The molecule has 70 valence electrons. The molecule has 0 aliphatic carbocycles. The van der Waals surface area contributed by atoms with Gasteiger partial charge in [0.1, 0.15) is 11.8 Å². The first-order valence-corrected chi connectivity index (χ1v) is 4.27. The molecule has 3 nitrogen and oxygen atoms in total. The number of nitrogens with zero attached hydrogens (tertiary/aromatic N) is 1. The molecule has 0 saturated heterocycles. The standard InChI is InChI=1S/C11H9NO2/c1-7-10(6-12)14-9-5-3-2-4-8(9)11(7)13/h2-5,10,13H,1H3/p-1. The largest absolute Gasteiger partial charge is 0.872 e. The van der Waals surface area contributed by atoms with Crippen LogP contribution in [-0.4, -0.2) is 6.10 Å². The summed E-state index contributed by atoms with van der Waals surface area (Å²) >= 11 is 0. The molecule has 1 aliphatic rings. The van der Waals surface area contributed by atoms with Crippen molar-refractivity contribution in [1.82, 2.24) is 0 Å². The van der Waals surface area contributed by atoms with Crippen LogP contribution in [0.1, 0.15) is 12.5 Å². The van der Waals surface area contributed by atoms with Gasteiger partial charge in [0, 0.05) is 5.56 Å². The normalized spacial score (nSPS) is 19.6. The van der Waals surface area contributed by atoms with E-state index in [2.05, 4.69) is 0 Å². The summed E-state index contributed by atoms with van der Waals surface area (Å²) in [5, 5.41) is 20.5. The van der Waals surface area contributed by atoms with Gasteiger partial charge in [0.15, 0.2) is 0 Å². The SMILES string of the molecule is CC1=C([O-])c2ccccc2OC1C#N. The van der Waals surface area contributed by atoms with Crippen LogP contribution in [0.25, 0.3) is 5.76 Å². The lowest BCUT2D eigenvalue weighted by Gasteiger charge is -2.28. The van der Waals surface area contributed by atoms with Gasteiger partial charge in [0.05, 0.1) is 0 Å². The van der Waals surface area contributed by atoms with E-state index in [0.717, 1.165) is 0 Å². The lowest BCUT2D eigenvalue weighted by atomic mass is 10.0. The van der Waals surface area contributed by atoms with Crippen LogP contribution in [0.15, 0.2) is 29.8 Å². The quantitative estimate of drug-likeness (QED) is 0.608. The van der Waals surface area contributed by atoms with Crippen molar-refractivity contribution in [3.63, 3.8) is 0 Å². The van der Waals surface area contributed by atoms with Gasteiger partial charge in [-0.2, -0.15) is 5.26 Å². The molecule has 14 heavy (non-hydrogen) atoms. The Kier molecular flexibility index (Phi) is 1.90. The smallest absolute Gasteiger partial charge is 0.205 e. The van der Waals surface area contributed by atoms with Gasteiger partial charge in [-0.25, -0.2) is 0 Å². The molecule has 0 aromatic heterocycles. The Bertz CT molecular complexity index is 443. The third kappa shape index (κ3) is 1.12. The summed E-state index contributed by atoms with van der Waals surface area (Å²) in [6, 6.07) is 8.90. The maximum Gasteiger partial charge on any atom is 0.205 e. The Morgan fingerprint density at radius 2 is 2.14 bits per heavy atom. The average Bonchev–Trinajstić information content (AvgIpc) is 2.23. The highest BCUT2D eigenvalue weighted by molar-refractivity contribution is 5.69. The Balaban J connectivity index is 2.59. The highest BCUT2D eigenvalue weighted by atomic mass is 16.5. The monoisotopic (exact) mass is 186 g/mol. The van der Waals surface area contributed by atoms with Crippen LogP contribution in [0.3, 0.4) is 0 Å². The molecule has 1 heterocycles. The molecule has 0 saturated carbocycles. The molecule has 0 spiro atoms. The highest BCUT2D eigenvalue weighted by Crippen LogP contribution is 2.32. The van der Waals surface area contributed by atoms with E-state index < -0.39 is 6.10 Å². The van der Waals surface area contributed by atoms with E-state index >= 15 is 0 Å². The number of benzene rings is 1. The number of rotatable bonds is 0. The van der Waals surface area contributed by atoms with E-state index in [1.807, 2.05) is 6.07 Å². The zero-order valence-corrected chi connectivity index (χ0v) is 7.65. The van der Waals surface area contributed by atoms with Gasteiger partial charge in [-0.05, 0) is 18.6 Å². The van der Waals surface area contributed by atoms with E-state index in [4.69, 9.17) is 10.00 Å². The predicted octanol–water partition coefficient (Wildman–Crippen LogP) is 1.06. The topological polar surface area (TPSA) is 56.1 Å². The molecule has 0 amide bonds. The first kappa shape index (κ1) is 8.64. The Hall–Kier alpha value is -1.95. The van der Waals surface area contributed by atoms with Gasteiger partial charge in [0.25, 0.3) is 0 Å². The number of fused-ring (bicyclic) bond motifs is 1. The molecular formula is C11H8NO2-. The first-order chi connectivity index (χ1) is 6.74. The van der Waals surface area contributed by atoms with E-state index in [-0.39, 0.29) is 5.76 Å². The van der Waals surface area contributed by atoms with Gasteiger partial charge in [-0.15, -0.1) is 0 Å². The minimum atomic E-state index is -0.739. The van der Waals surface area contributed by atoms with Gasteiger partial charge in [-0.1, -0.05) is 24.0 Å². The minimum Gasteiger partial charge on any atom is -0.872 e. The third-order valence-corrected chi connectivity index (χ3v) is 2.25. The van der Waals surface area contributed by atoms with Gasteiger partial charge in [-0.3, -0.25) is 0 Å². The van der Waals surface area contributed by atoms with Crippen molar-refractivity contribution in [3.8, 4) is 11.8 Å². The minimum absolute atomic E-state index is 0.0987. The molecule has 1 atom stereocenters. The number of para-hydroxylation sites is 1. The third-order valence-electron chi connectivity index (χ3n) is 2.25. The second kappa shape index (κ2) is 3.08. The fraction of sp³-hybridized carbons (Fsp3) is 0.182. The zero-order chi connectivity index (χ0) is 10.1. The molecule has 1 aromatic rings. The van der Waals surface area contributed by atoms with Crippen LogP contribution < -0.4 is 9.84 Å². The van der Waals surface area contributed by atoms with Crippen LogP contribution >= 0.6 is 0 Å². The van der Waals surface area contributed by atoms with Crippen molar-refractivity contribution in [2.24, 2.45) is 0 Å². The fourth-order valence-electron chi connectivity index (χ4n) is 1.43. The zero-order valence-electron chi connectivity index (χ0n) is 7.65. The summed E-state index contributed by atoms with van der Waals surface area (Å²) in [5.74, 6) is 0.396. The van der Waals surface area contributed by atoms with Crippen LogP contribution in [0.2, 0.25) is 0 Å². The van der Waals surface area contributed by atoms with E-state index in [9.17, 15) is 5.11 Å². The summed E-state index contributed by atoms with van der Waals surface area (Å²) < 4.78 is 5.34. The molecule has 3 heteroatoms. The summed E-state index contributed by atoms with van der Waals surface area (Å²) in [5.41, 5.74) is 0.989. The first-order valence-electron chi connectivity index (χ1n) is 4.27. The van der Waals surface area contributed by atoms with Crippen LogP contribution in [0.5, 0.6) is 5.75 Å². The summed E-state index contributed by atoms with van der Waals surface area (Å²) in [4.78, 5) is 0. The predicted molar refractivity (Wildman–Crippen MR) is 49.1 cm³/mol. The molecule has 0 radical (unpaired) electrons. The average molecular weight is 186 g/mol. The second-order valence-corrected chi connectivity index (χ2v) is 3.14.